The van der Waals surface area contributed by atoms with Gasteiger partial charge in [-0.05, 0) is 50.2 Å². The highest BCUT2D eigenvalue weighted by Gasteiger charge is 2.11. The first-order chi connectivity index (χ1) is 9.11. The first-order valence-corrected chi connectivity index (χ1v) is 7.59. The van der Waals surface area contributed by atoms with E-state index in [1.807, 2.05) is 6.07 Å². The molecule has 1 unspecified atom stereocenters. The molecule has 0 saturated heterocycles. The van der Waals surface area contributed by atoms with Crippen LogP contribution in [0, 0.1) is 5.82 Å². The zero-order valence-corrected chi connectivity index (χ0v) is 12.6. The summed E-state index contributed by atoms with van der Waals surface area (Å²) in [5, 5.41) is 3.86. The fraction of sp³-hybridized carbons (Fsp3) is 0.333. The van der Waals surface area contributed by atoms with Gasteiger partial charge in [0, 0.05) is 26.4 Å². The number of thiophene rings is 1. The van der Waals surface area contributed by atoms with Crippen LogP contribution in [0.15, 0.2) is 30.3 Å². The first-order valence-electron chi connectivity index (χ1n) is 6.40. The van der Waals surface area contributed by atoms with Crippen LogP contribution in [-0.4, -0.2) is 6.54 Å². The van der Waals surface area contributed by atoms with Gasteiger partial charge in [0.2, 0.25) is 0 Å². The van der Waals surface area contributed by atoms with E-state index in [4.69, 9.17) is 11.6 Å². The minimum Gasteiger partial charge on any atom is -0.309 e. The third kappa shape index (κ3) is 3.56. The van der Waals surface area contributed by atoms with Crippen molar-refractivity contribution < 1.29 is 4.39 Å². The molecule has 1 atom stereocenters. The SMILES string of the molecule is CCCNC(C)c1ccc(-c2ccc(Cl)cc2F)s1. The van der Waals surface area contributed by atoms with Gasteiger partial charge in [-0.1, -0.05) is 18.5 Å². The van der Waals surface area contributed by atoms with E-state index in [-0.39, 0.29) is 5.82 Å². The van der Waals surface area contributed by atoms with E-state index in [0.717, 1.165) is 17.8 Å². The van der Waals surface area contributed by atoms with Gasteiger partial charge in [-0.3, -0.25) is 0 Å². The van der Waals surface area contributed by atoms with Crippen LogP contribution in [-0.2, 0) is 0 Å². The molecule has 0 fully saturated rings. The maximum Gasteiger partial charge on any atom is 0.133 e. The van der Waals surface area contributed by atoms with Crippen molar-refractivity contribution in [2.75, 3.05) is 6.54 Å². The van der Waals surface area contributed by atoms with E-state index in [1.165, 1.54) is 10.9 Å². The predicted molar refractivity (Wildman–Crippen MR) is 81.4 cm³/mol. The van der Waals surface area contributed by atoms with Crippen molar-refractivity contribution in [2.45, 2.75) is 26.3 Å². The normalized spacial score (nSPS) is 12.6. The molecule has 0 bridgehead atoms. The molecule has 0 amide bonds. The second-order valence-corrected chi connectivity index (χ2v) is 6.05. The molecule has 2 aromatic rings. The van der Waals surface area contributed by atoms with E-state index in [0.29, 0.717) is 16.6 Å². The van der Waals surface area contributed by atoms with Crippen molar-refractivity contribution in [2.24, 2.45) is 0 Å². The smallest absolute Gasteiger partial charge is 0.133 e. The third-order valence-corrected chi connectivity index (χ3v) is 4.49. The number of benzene rings is 1. The highest BCUT2D eigenvalue weighted by molar-refractivity contribution is 7.15. The molecular weight excluding hydrogens is 281 g/mol. The largest absolute Gasteiger partial charge is 0.309 e. The summed E-state index contributed by atoms with van der Waals surface area (Å²) in [4.78, 5) is 2.16. The minimum absolute atomic E-state index is 0.268. The van der Waals surface area contributed by atoms with Crippen molar-refractivity contribution in [1.82, 2.24) is 5.32 Å². The van der Waals surface area contributed by atoms with E-state index in [1.54, 1.807) is 23.5 Å². The zero-order chi connectivity index (χ0) is 13.8. The predicted octanol–water partition coefficient (Wildman–Crippen LogP) is 5.27. The van der Waals surface area contributed by atoms with Gasteiger partial charge < -0.3 is 5.32 Å². The Kier molecular flexibility index (Phi) is 4.97. The van der Waals surface area contributed by atoms with Gasteiger partial charge in [-0.2, -0.15) is 0 Å². The van der Waals surface area contributed by atoms with Crippen LogP contribution in [0.2, 0.25) is 5.02 Å². The summed E-state index contributed by atoms with van der Waals surface area (Å²) in [5.74, 6) is -0.268. The third-order valence-electron chi connectivity index (χ3n) is 2.95. The molecule has 1 N–H and O–H groups in total. The molecule has 0 spiro atoms. The van der Waals surface area contributed by atoms with E-state index in [2.05, 4.69) is 25.2 Å². The number of nitrogens with one attached hydrogen (secondary N) is 1. The first kappa shape index (κ1) is 14.5. The van der Waals surface area contributed by atoms with Crippen molar-refractivity contribution in [3.05, 3.63) is 46.0 Å². The van der Waals surface area contributed by atoms with Crippen LogP contribution >= 0.6 is 22.9 Å². The summed E-state index contributed by atoms with van der Waals surface area (Å²) in [6, 6.07) is 9.14. The lowest BCUT2D eigenvalue weighted by Crippen LogP contribution is -2.18. The zero-order valence-electron chi connectivity index (χ0n) is 11.0. The van der Waals surface area contributed by atoms with Gasteiger partial charge in [0.15, 0.2) is 0 Å². The van der Waals surface area contributed by atoms with Crippen LogP contribution in [0.4, 0.5) is 4.39 Å². The van der Waals surface area contributed by atoms with Crippen LogP contribution in [0.3, 0.4) is 0 Å². The van der Waals surface area contributed by atoms with Crippen LogP contribution in [0.25, 0.3) is 10.4 Å². The van der Waals surface area contributed by atoms with Crippen LogP contribution in [0.5, 0.6) is 0 Å². The molecule has 1 aromatic carbocycles. The Morgan fingerprint density at radius 2 is 2.11 bits per heavy atom. The highest BCUT2D eigenvalue weighted by Crippen LogP contribution is 2.33. The summed E-state index contributed by atoms with van der Waals surface area (Å²) in [7, 11) is 0. The Labute approximate surface area is 122 Å². The average Bonchev–Trinajstić information content (AvgIpc) is 2.85. The molecule has 0 aliphatic rings. The number of hydrogen-bond acceptors (Lipinski definition) is 2. The number of halogens is 2. The van der Waals surface area contributed by atoms with E-state index < -0.39 is 0 Å². The van der Waals surface area contributed by atoms with Gasteiger partial charge in [-0.15, -0.1) is 11.3 Å². The molecule has 0 radical (unpaired) electrons. The summed E-state index contributed by atoms with van der Waals surface area (Å²) < 4.78 is 13.9. The fourth-order valence-corrected chi connectivity index (χ4v) is 3.10. The average molecular weight is 298 g/mol. The van der Waals surface area contributed by atoms with Crippen LogP contribution in [0.1, 0.15) is 31.2 Å². The number of hydrogen-bond donors (Lipinski definition) is 1. The second kappa shape index (κ2) is 6.51. The maximum atomic E-state index is 13.9. The molecule has 2 rings (SSSR count). The molecule has 1 heterocycles. The lowest BCUT2D eigenvalue weighted by Gasteiger charge is -2.10. The Morgan fingerprint density at radius 3 is 2.79 bits per heavy atom. The van der Waals surface area contributed by atoms with E-state index >= 15 is 0 Å². The summed E-state index contributed by atoms with van der Waals surface area (Å²) in [6.45, 7) is 5.26. The lowest BCUT2D eigenvalue weighted by molar-refractivity contribution is 0.578. The number of rotatable bonds is 5. The second-order valence-electron chi connectivity index (χ2n) is 4.50. The lowest BCUT2D eigenvalue weighted by atomic mass is 10.2. The molecule has 1 aromatic heterocycles. The van der Waals surface area contributed by atoms with Crippen molar-refractivity contribution in [3.8, 4) is 10.4 Å². The Bertz CT molecular complexity index is 553. The topological polar surface area (TPSA) is 12.0 Å². The molecule has 0 saturated carbocycles. The molecule has 1 nitrogen and oxygen atoms in total. The molecule has 0 aliphatic heterocycles. The van der Waals surface area contributed by atoms with Crippen molar-refractivity contribution in [1.29, 1.82) is 0 Å². The quantitative estimate of drug-likeness (QED) is 0.793. The summed E-state index contributed by atoms with van der Waals surface area (Å²) in [5.41, 5.74) is 0.614. The molecule has 102 valence electrons. The Balaban J connectivity index is 2.20. The molecular formula is C15H17ClFNS. The Morgan fingerprint density at radius 1 is 1.32 bits per heavy atom. The van der Waals surface area contributed by atoms with E-state index in [9.17, 15) is 4.39 Å². The van der Waals surface area contributed by atoms with Crippen molar-refractivity contribution >= 4 is 22.9 Å². The van der Waals surface area contributed by atoms with Gasteiger partial charge >= 0.3 is 0 Å². The minimum atomic E-state index is -0.268. The maximum absolute atomic E-state index is 13.9. The highest BCUT2D eigenvalue weighted by atomic mass is 35.5. The summed E-state index contributed by atoms with van der Waals surface area (Å²) >= 11 is 7.39. The van der Waals surface area contributed by atoms with Gasteiger partial charge in [0.25, 0.3) is 0 Å². The molecule has 19 heavy (non-hydrogen) atoms. The standard InChI is InChI=1S/C15H17ClFNS/c1-3-8-18-10(2)14-6-7-15(19-14)12-5-4-11(16)9-13(12)17/h4-7,9-10,18H,3,8H2,1-2H3. The monoisotopic (exact) mass is 297 g/mol. The molecule has 0 aliphatic carbocycles. The Hall–Kier alpha value is -0.900. The summed E-state index contributed by atoms with van der Waals surface area (Å²) in [6.07, 6.45) is 1.11. The van der Waals surface area contributed by atoms with Gasteiger partial charge in [-0.25, -0.2) is 4.39 Å². The molecule has 4 heteroatoms. The van der Waals surface area contributed by atoms with Gasteiger partial charge in [0.1, 0.15) is 5.82 Å². The van der Waals surface area contributed by atoms with Crippen LogP contribution < -0.4 is 5.32 Å². The van der Waals surface area contributed by atoms with Crippen molar-refractivity contribution in [3.63, 3.8) is 0 Å². The fourth-order valence-electron chi connectivity index (χ4n) is 1.88. The van der Waals surface area contributed by atoms with Gasteiger partial charge in [0.05, 0.1) is 0 Å².